The molecule has 3 nitrogen and oxygen atoms in total. The lowest BCUT2D eigenvalue weighted by Crippen LogP contribution is -2.00. The zero-order valence-electron chi connectivity index (χ0n) is 13.3. The van der Waals surface area contributed by atoms with Crippen LogP contribution in [0.15, 0.2) is 46.4 Å². The predicted octanol–water partition coefficient (Wildman–Crippen LogP) is 6.60. The third-order valence-corrected chi connectivity index (χ3v) is 6.27. The Labute approximate surface area is 171 Å². The molecule has 2 aromatic carbocycles. The topological polar surface area (TPSA) is 42.2 Å². The number of fused-ring (bicyclic) bond motifs is 2. The first-order valence-corrected chi connectivity index (χ1v) is 10.2. The van der Waals surface area contributed by atoms with E-state index < -0.39 is 5.97 Å². The maximum Gasteiger partial charge on any atom is 0.307 e. The molecular weight excluding hydrogens is 457 g/mol. The van der Waals surface area contributed by atoms with Gasteiger partial charge in [0.1, 0.15) is 0 Å². The number of rotatable bonds is 4. The summed E-state index contributed by atoms with van der Waals surface area (Å²) in [5.41, 5.74) is 2.87. The predicted molar refractivity (Wildman–Crippen MR) is 112 cm³/mol. The number of nitrogens with zero attached hydrogens (tertiary/aromatic N) is 1. The van der Waals surface area contributed by atoms with Gasteiger partial charge in [-0.15, -0.1) is 11.3 Å². The Morgan fingerprint density at radius 2 is 2.00 bits per heavy atom. The number of carbonyl (C=O) groups is 1. The van der Waals surface area contributed by atoms with Crippen LogP contribution in [0, 0.1) is 0 Å². The van der Waals surface area contributed by atoms with Gasteiger partial charge in [0.15, 0.2) is 0 Å². The lowest BCUT2D eigenvalue weighted by Gasteiger charge is -2.06. The summed E-state index contributed by atoms with van der Waals surface area (Å²) in [6.45, 7) is 0.605. The smallest absolute Gasteiger partial charge is 0.307 e. The monoisotopic (exact) mass is 467 g/mol. The minimum atomic E-state index is -0.842. The van der Waals surface area contributed by atoms with Gasteiger partial charge in [0.25, 0.3) is 0 Å². The molecule has 26 heavy (non-hydrogen) atoms. The highest BCUT2D eigenvalue weighted by atomic mass is 79.9. The van der Waals surface area contributed by atoms with Crippen LogP contribution >= 0.6 is 50.5 Å². The molecule has 0 aliphatic heterocycles. The number of hydrogen-bond acceptors (Lipinski definition) is 2. The molecule has 0 radical (unpaired) electrons. The van der Waals surface area contributed by atoms with E-state index in [4.69, 9.17) is 23.2 Å². The zero-order chi connectivity index (χ0) is 18.4. The van der Waals surface area contributed by atoms with Crippen molar-refractivity contribution in [2.45, 2.75) is 13.0 Å². The van der Waals surface area contributed by atoms with Crippen molar-refractivity contribution in [2.24, 2.45) is 0 Å². The van der Waals surface area contributed by atoms with Crippen LogP contribution in [-0.2, 0) is 17.8 Å². The quantitative estimate of drug-likeness (QED) is 0.366. The number of benzene rings is 2. The fourth-order valence-corrected chi connectivity index (χ4v) is 5.32. The highest BCUT2D eigenvalue weighted by molar-refractivity contribution is 9.10. The van der Waals surface area contributed by atoms with Gasteiger partial charge in [0.05, 0.1) is 11.4 Å². The largest absolute Gasteiger partial charge is 0.481 e. The van der Waals surface area contributed by atoms with E-state index in [-0.39, 0.29) is 6.42 Å². The molecule has 0 aliphatic carbocycles. The standard InChI is InChI=1S/C19H12BrCl2NO2S/c20-12-1-2-14-10(3-18(24)25)7-23(16(14)4-12)8-11-9-26-17-6-13(21)5-15(22)19(11)17/h1-2,4-7,9H,3,8H2,(H,24,25). The Morgan fingerprint density at radius 1 is 1.19 bits per heavy atom. The minimum Gasteiger partial charge on any atom is -0.481 e. The van der Waals surface area contributed by atoms with Crippen molar-refractivity contribution in [2.75, 3.05) is 0 Å². The summed E-state index contributed by atoms with van der Waals surface area (Å²) in [5.74, 6) is -0.842. The van der Waals surface area contributed by atoms with Crippen molar-refractivity contribution in [1.29, 1.82) is 0 Å². The summed E-state index contributed by atoms with van der Waals surface area (Å²) in [6.07, 6.45) is 1.91. The van der Waals surface area contributed by atoms with Gasteiger partial charge in [0, 0.05) is 43.2 Å². The molecular formula is C19H12BrCl2NO2S. The average molecular weight is 469 g/mol. The Hall–Kier alpha value is -1.53. The third kappa shape index (κ3) is 3.25. The summed E-state index contributed by atoms with van der Waals surface area (Å²) >= 11 is 17.6. The van der Waals surface area contributed by atoms with Gasteiger partial charge < -0.3 is 9.67 Å². The number of carboxylic acids is 1. The number of thiophene rings is 1. The normalized spacial score (nSPS) is 11.5. The first-order chi connectivity index (χ1) is 12.4. The first-order valence-electron chi connectivity index (χ1n) is 7.76. The van der Waals surface area contributed by atoms with Crippen LogP contribution < -0.4 is 0 Å². The number of carboxylic acid groups (broad SMARTS) is 1. The fraction of sp³-hybridized carbons (Fsp3) is 0.105. The Balaban J connectivity index is 1.85. The third-order valence-electron chi connectivity index (χ3n) is 4.28. The van der Waals surface area contributed by atoms with Crippen molar-refractivity contribution in [3.05, 3.63) is 67.6 Å². The fourth-order valence-electron chi connectivity index (χ4n) is 3.22. The van der Waals surface area contributed by atoms with E-state index in [1.807, 2.05) is 30.5 Å². The van der Waals surface area contributed by atoms with E-state index in [9.17, 15) is 9.90 Å². The van der Waals surface area contributed by atoms with E-state index in [1.54, 1.807) is 17.4 Å². The SMILES string of the molecule is O=C(O)Cc1cn(Cc2csc3cc(Cl)cc(Cl)c23)c2cc(Br)ccc12. The lowest BCUT2D eigenvalue weighted by molar-refractivity contribution is -0.136. The molecule has 4 rings (SSSR count). The Bertz CT molecular complexity index is 1170. The van der Waals surface area contributed by atoms with Crippen LogP contribution in [0.1, 0.15) is 11.1 Å². The van der Waals surface area contributed by atoms with E-state index in [2.05, 4.69) is 25.9 Å². The molecule has 0 unspecified atom stereocenters. The highest BCUT2D eigenvalue weighted by Gasteiger charge is 2.15. The van der Waals surface area contributed by atoms with E-state index in [1.165, 1.54) is 0 Å². The van der Waals surface area contributed by atoms with Crippen molar-refractivity contribution in [1.82, 2.24) is 4.57 Å². The molecule has 0 amide bonds. The molecule has 2 heterocycles. The van der Waals surface area contributed by atoms with Crippen LogP contribution in [0.3, 0.4) is 0 Å². The zero-order valence-corrected chi connectivity index (χ0v) is 17.2. The molecule has 0 fully saturated rings. The molecule has 132 valence electrons. The number of halogens is 3. The summed E-state index contributed by atoms with van der Waals surface area (Å²) in [5, 5.41) is 14.5. The molecule has 0 bridgehead atoms. The van der Waals surface area contributed by atoms with Crippen molar-refractivity contribution >= 4 is 77.4 Å². The first kappa shape index (κ1) is 17.9. The molecule has 0 saturated heterocycles. The maximum absolute atomic E-state index is 11.2. The average Bonchev–Trinajstić information content (AvgIpc) is 3.09. The molecule has 0 aliphatic rings. The Kier molecular flexibility index (Phi) is 4.73. The van der Waals surface area contributed by atoms with Gasteiger partial charge in [-0.3, -0.25) is 4.79 Å². The van der Waals surface area contributed by atoms with E-state index >= 15 is 0 Å². The lowest BCUT2D eigenvalue weighted by atomic mass is 10.1. The second-order valence-corrected chi connectivity index (χ2v) is 8.71. The molecule has 0 saturated carbocycles. The molecule has 0 atom stereocenters. The second kappa shape index (κ2) is 6.89. The second-order valence-electron chi connectivity index (χ2n) is 6.04. The van der Waals surface area contributed by atoms with Gasteiger partial charge >= 0.3 is 5.97 Å². The summed E-state index contributed by atoms with van der Waals surface area (Å²) in [4.78, 5) is 11.2. The summed E-state index contributed by atoms with van der Waals surface area (Å²) in [6, 6.07) is 9.55. The van der Waals surface area contributed by atoms with E-state index in [0.717, 1.165) is 36.6 Å². The molecule has 2 aromatic heterocycles. The van der Waals surface area contributed by atoms with Gasteiger partial charge in [-0.05, 0) is 40.8 Å². The molecule has 0 spiro atoms. The number of aliphatic carboxylic acids is 1. The van der Waals surface area contributed by atoms with Crippen LogP contribution in [-0.4, -0.2) is 15.6 Å². The van der Waals surface area contributed by atoms with Crippen LogP contribution in [0.2, 0.25) is 10.0 Å². The van der Waals surface area contributed by atoms with Crippen molar-refractivity contribution < 1.29 is 9.90 Å². The molecule has 4 aromatic rings. The van der Waals surface area contributed by atoms with Crippen LogP contribution in [0.4, 0.5) is 0 Å². The van der Waals surface area contributed by atoms with Crippen molar-refractivity contribution in [3.63, 3.8) is 0 Å². The number of aromatic nitrogens is 1. The highest BCUT2D eigenvalue weighted by Crippen LogP contribution is 2.36. The summed E-state index contributed by atoms with van der Waals surface area (Å²) in [7, 11) is 0. The van der Waals surface area contributed by atoms with Gasteiger partial charge in [-0.25, -0.2) is 0 Å². The number of hydrogen-bond donors (Lipinski definition) is 1. The van der Waals surface area contributed by atoms with Crippen LogP contribution in [0.25, 0.3) is 21.0 Å². The minimum absolute atomic E-state index is 0.00805. The van der Waals surface area contributed by atoms with Gasteiger partial charge in [-0.2, -0.15) is 0 Å². The molecule has 7 heteroatoms. The Morgan fingerprint density at radius 3 is 2.77 bits per heavy atom. The summed E-state index contributed by atoms with van der Waals surface area (Å²) < 4.78 is 4.07. The van der Waals surface area contributed by atoms with Crippen molar-refractivity contribution in [3.8, 4) is 0 Å². The van der Waals surface area contributed by atoms with E-state index in [0.29, 0.717) is 16.6 Å². The molecule has 1 N–H and O–H groups in total. The van der Waals surface area contributed by atoms with Crippen LogP contribution in [0.5, 0.6) is 0 Å². The maximum atomic E-state index is 11.2. The van der Waals surface area contributed by atoms with Gasteiger partial charge in [-0.1, -0.05) is 45.2 Å². The van der Waals surface area contributed by atoms with Gasteiger partial charge in [0.2, 0.25) is 0 Å².